The molecule has 0 unspecified atom stereocenters. The molecule has 0 spiro atoms. The number of nitrogens with one attached hydrogen (secondary N) is 2. The summed E-state index contributed by atoms with van der Waals surface area (Å²) in [5, 5.41) is 0.464. The molecule has 4 aromatic rings. The Morgan fingerprint density at radius 2 is 0.971 bits per heavy atom. The number of hydrogen-bond donors (Lipinski definition) is 4. The van der Waals surface area contributed by atoms with E-state index in [0.717, 1.165) is 0 Å². The van der Waals surface area contributed by atoms with Crippen LogP contribution in [0.5, 0.6) is 11.5 Å². The Bertz CT molecular complexity index is 1520. The number of aromatic amines is 2. The fourth-order valence-corrected chi connectivity index (χ4v) is 6.54. The maximum absolute atomic E-state index is 11.6. The van der Waals surface area contributed by atoms with Crippen LogP contribution >= 0.6 is 63.7 Å². The molecule has 10 nitrogen and oxygen atoms in total. The Labute approximate surface area is 270 Å². The molecule has 2 heterocycles. The van der Waals surface area contributed by atoms with Gasteiger partial charge < -0.3 is 18.3 Å². The van der Waals surface area contributed by atoms with E-state index < -0.39 is 20.8 Å². The summed E-state index contributed by atoms with van der Waals surface area (Å²) in [5.74, 6) is -0.683. The van der Waals surface area contributed by atoms with E-state index in [1.807, 2.05) is 0 Å². The molecule has 2 aromatic carbocycles. The molecule has 0 amide bonds. The van der Waals surface area contributed by atoms with Crippen molar-refractivity contribution in [3.8, 4) is 22.9 Å². The van der Waals surface area contributed by atoms with Crippen LogP contribution in [-0.2, 0) is 20.8 Å². The molecule has 0 bridgehead atoms. The minimum Gasteiger partial charge on any atom is -0.359 e. The van der Waals surface area contributed by atoms with Crippen molar-refractivity contribution in [2.45, 2.75) is 0 Å². The number of benzene rings is 2. The van der Waals surface area contributed by atoms with Crippen molar-refractivity contribution in [2.75, 3.05) is 0 Å². The molecule has 172 valence electrons. The first-order valence-electron chi connectivity index (χ1n) is 8.09. The Kier molecular flexibility index (Phi) is 10.3. The van der Waals surface area contributed by atoms with E-state index in [0.29, 0.717) is 28.9 Å². The van der Waals surface area contributed by atoms with Crippen LogP contribution in [0.4, 0.5) is 0 Å². The molecule has 2 radical (unpaired) electrons. The first kappa shape index (κ1) is 31.1. The van der Waals surface area contributed by atoms with Crippen molar-refractivity contribution in [3.05, 3.63) is 42.2 Å². The largest absolute Gasteiger partial charge is 0.446 e. The van der Waals surface area contributed by atoms with Gasteiger partial charge in [-0.05, 0) is 56.1 Å². The fourth-order valence-electron chi connectivity index (χ4n) is 3.13. The van der Waals surface area contributed by atoms with E-state index >= 15 is 0 Å². The van der Waals surface area contributed by atoms with Gasteiger partial charge in [0.25, 0.3) is 0 Å². The minimum atomic E-state index is -4.98. The molecule has 18 heteroatoms. The number of H-pyrrole nitrogens is 2. The summed E-state index contributed by atoms with van der Waals surface area (Å²) in [4.78, 5) is 5.87. The molecule has 34 heavy (non-hydrogen) atoms. The standard InChI is InChI=1S/C16H8Br4N2O8S2.2Na/c17-5-1-7-11(9(19)3-5)21-13(15(7)29-31(23,24)25)14-16(30-32(26,27)28)8-2-6(18)4-10(20)12(8)22-14;;/h1-4,21-22H,(H,23,24,25)(H,26,27,28);;. The number of aromatic nitrogens is 2. The molecule has 2 aromatic heterocycles. The Morgan fingerprint density at radius 3 is 1.26 bits per heavy atom. The predicted octanol–water partition coefficient (Wildman–Crippen LogP) is 4.97. The molecule has 0 saturated heterocycles. The van der Waals surface area contributed by atoms with Gasteiger partial charge >= 0.3 is 20.8 Å². The van der Waals surface area contributed by atoms with Crippen molar-refractivity contribution in [1.82, 2.24) is 9.97 Å². The zero-order valence-electron chi connectivity index (χ0n) is 17.0. The van der Waals surface area contributed by atoms with Crippen LogP contribution in [0.2, 0.25) is 0 Å². The van der Waals surface area contributed by atoms with Crippen molar-refractivity contribution in [2.24, 2.45) is 0 Å². The van der Waals surface area contributed by atoms with E-state index in [1.165, 1.54) is 12.1 Å². The molecule has 0 aliphatic carbocycles. The van der Waals surface area contributed by atoms with Crippen LogP contribution in [-0.4, -0.2) is 95.0 Å². The first-order valence-corrected chi connectivity index (χ1v) is 14.0. The van der Waals surface area contributed by atoms with Crippen molar-refractivity contribution in [1.29, 1.82) is 0 Å². The smallest absolute Gasteiger partial charge is 0.359 e. The summed E-state index contributed by atoms with van der Waals surface area (Å²) in [6.07, 6.45) is 0. The van der Waals surface area contributed by atoms with Crippen LogP contribution in [0.25, 0.3) is 33.2 Å². The summed E-state index contributed by atoms with van der Waals surface area (Å²) in [6, 6.07) is 6.40. The molecule has 0 saturated carbocycles. The maximum atomic E-state index is 11.6. The van der Waals surface area contributed by atoms with Gasteiger partial charge in [-0.25, -0.2) is 0 Å². The van der Waals surface area contributed by atoms with Gasteiger partial charge in [0.15, 0.2) is 11.5 Å². The summed E-state index contributed by atoms with van der Waals surface area (Å²) in [5.41, 5.74) is 0.598. The Hall–Kier alpha value is 0.860. The fraction of sp³-hybridized carbons (Fsp3) is 0. The zero-order valence-corrected chi connectivity index (χ0v) is 29.0. The molecule has 0 atom stereocenters. The zero-order chi connectivity index (χ0) is 23.6. The van der Waals surface area contributed by atoms with Crippen LogP contribution in [0.15, 0.2) is 42.2 Å². The number of fused-ring (bicyclic) bond motifs is 2. The molecule has 0 aliphatic heterocycles. The second-order valence-corrected chi connectivity index (χ2v) is 11.9. The molecule has 4 N–H and O–H groups in total. The molecular formula is C16H8Br4N2Na2O8S2. The van der Waals surface area contributed by atoms with E-state index in [9.17, 15) is 25.9 Å². The SMILES string of the molecule is O=S(=O)(O)Oc1c(-c2[nH]c3c(Br)cc(Br)cc3c2OS(=O)(=O)O)[nH]c2c(Br)cc(Br)cc12.[Na].[Na]. The number of rotatable bonds is 5. The van der Waals surface area contributed by atoms with Crippen LogP contribution < -0.4 is 8.37 Å². The quantitative estimate of drug-likeness (QED) is 0.163. The predicted molar refractivity (Wildman–Crippen MR) is 142 cm³/mol. The average Bonchev–Trinajstić information content (AvgIpc) is 3.12. The molecule has 0 aliphatic rings. The van der Waals surface area contributed by atoms with E-state index in [-0.39, 0.29) is 92.8 Å². The van der Waals surface area contributed by atoms with Crippen LogP contribution in [0.1, 0.15) is 0 Å². The molecule has 4 rings (SSSR count). The van der Waals surface area contributed by atoms with Gasteiger partial charge in [-0.3, -0.25) is 9.11 Å². The average molecular weight is 786 g/mol. The van der Waals surface area contributed by atoms with Gasteiger partial charge in [-0.1, -0.05) is 31.9 Å². The van der Waals surface area contributed by atoms with E-state index in [4.69, 9.17) is 8.37 Å². The third-order valence-corrected chi connectivity index (χ3v) is 7.10. The first-order chi connectivity index (χ1) is 14.7. The topological polar surface area (TPSA) is 159 Å². The third-order valence-electron chi connectivity index (χ3n) is 4.18. The van der Waals surface area contributed by atoms with Crippen LogP contribution in [0.3, 0.4) is 0 Å². The van der Waals surface area contributed by atoms with Gasteiger partial charge in [0.05, 0.1) is 11.0 Å². The summed E-state index contributed by atoms with van der Waals surface area (Å²) in [7, 11) is -9.95. The van der Waals surface area contributed by atoms with E-state index in [1.54, 1.807) is 12.1 Å². The van der Waals surface area contributed by atoms with Crippen LogP contribution in [0, 0.1) is 0 Å². The number of hydrogen-bond acceptors (Lipinski definition) is 6. The summed E-state index contributed by atoms with van der Waals surface area (Å²) in [6.45, 7) is 0. The normalized spacial score (nSPS) is 11.8. The second kappa shape index (κ2) is 11.3. The van der Waals surface area contributed by atoms with E-state index in [2.05, 4.69) is 73.7 Å². The monoisotopic (exact) mass is 782 g/mol. The maximum Gasteiger partial charge on any atom is 0.446 e. The second-order valence-electron chi connectivity index (χ2n) is 6.30. The Morgan fingerprint density at radius 1 is 0.647 bits per heavy atom. The van der Waals surface area contributed by atoms with Gasteiger partial charge in [-0.2, -0.15) is 16.8 Å². The van der Waals surface area contributed by atoms with Gasteiger partial charge in [0, 0.05) is 87.8 Å². The Balaban J connectivity index is 0.00000204. The van der Waals surface area contributed by atoms with Crippen molar-refractivity contribution in [3.63, 3.8) is 0 Å². The third kappa shape index (κ3) is 6.64. The van der Waals surface area contributed by atoms with Gasteiger partial charge in [0.2, 0.25) is 0 Å². The van der Waals surface area contributed by atoms with Gasteiger partial charge in [-0.15, -0.1) is 0 Å². The van der Waals surface area contributed by atoms with Crippen molar-refractivity contribution >= 4 is 165 Å². The van der Waals surface area contributed by atoms with Gasteiger partial charge in [0.1, 0.15) is 11.4 Å². The molecule has 0 fully saturated rings. The summed E-state index contributed by atoms with van der Waals surface area (Å²) >= 11 is 13.3. The van der Waals surface area contributed by atoms with Crippen molar-refractivity contribution < 1.29 is 34.3 Å². The summed E-state index contributed by atoms with van der Waals surface area (Å²) < 4.78 is 76.8. The number of halogens is 4. The minimum absolute atomic E-state index is 0. The molecular weight excluding hydrogens is 778 g/mol.